The Morgan fingerprint density at radius 1 is 1.25 bits per heavy atom. The largest absolute Gasteiger partial charge is 0.464 e. The Hall–Kier alpha value is -1.69. The molecule has 0 radical (unpaired) electrons. The number of benzene rings is 1. The van der Waals surface area contributed by atoms with E-state index in [-0.39, 0.29) is 6.54 Å². The molecule has 2 amide bonds. The minimum Gasteiger partial charge on any atom is -0.464 e. The summed E-state index contributed by atoms with van der Waals surface area (Å²) in [6.45, 7) is 1.95. The number of nitrogens with zero attached hydrogens (tertiary/aromatic N) is 1. The summed E-state index contributed by atoms with van der Waals surface area (Å²) < 4.78 is 5.68. The third-order valence-electron chi connectivity index (χ3n) is 2.98. The molecule has 1 aromatic rings. The van der Waals surface area contributed by atoms with Crippen LogP contribution in [0.4, 0.5) is 0 Å². The first-order chi connectivity index (χ1) is 9.54. The first-order valence-electron chi connectivity index (χ1n) is 6.36. The van der Waals surface area contributed by atoms with Crippen LogP contribution in [0, 0.1) is 0 Å². The van der Waals surface area contributed by atoms with E-state index >= 15 is 0 Å². The first-order valence-corrected chi connectivity index (χ1v) is 7.15. The normalized spacial score (nSPS) is 13.6. The van der Waals surface area contributed by atoms with Gasteiger partial charge in [0.1, 0.15) is 6.54 Å². The Morgan fingerprint density at radius 2 is 1.95 bits per heavy atom. The summed E-state index contributed by atoms with van der Waals surface area (Å²) in [7, 11) is 0. The van der Waals surface area contributed by atoms with Gasteiger partial charge in [-0.3, -0.25) is 19.3 Å². The highest BCUT2D eigenvalue weighted by Gasteiger charge is 2.36. The molecule has 0 unspecified atom stereocenters. The summed E-state index contributed by atoms with van der Waals surface area (Å²) in [6, 6.07) is 4.84. The van der Waals surface area contributed by atoms with Crippen molar-refractivity contribution in [1.29, 1.82) is 0 Å². The zero-order chi connectivity index (χ0) is 14.7. The maximum atomic E-state index is 12.1. The molecular weight excluding hydrogens is 326 g/mol. The minimum absolute atomic E-state index is 0.310. The topological polar surface area (TPSA) is 63.7 Å². The van der Waals surface area contributed by atoms with Crippen molar-refractivity contribution in [1.82, 2.24) is 4.90 Å². The number of carbonyl (C=O) groups excluding carboxylic acids is 3. The predicted molar refractivity (Wildman–Crippen MR) is 75.4 cm³/mol. The summed E-state index contributed by atoms with van der Waals surface area (Å²) >= 11 is 3.25. The fourth-order valence-electron chi connectivity index (χ4n) is 1.91. The molecule has 5 nitrogen and oxygen atoms in total. The number of hydrogen-bond donors (Lipinski definition) is 0. The fourth-order valence-corrected chi connectivity index (χ4v) is 2.27. The molecule has 1 aliphatic rings. The van der Waals surface area contributed by atoms with Gasteiger partial charge in [0.15, 0.2) is 0 Å². The number of fused-ring (bicyclic) bond motifs is 1. The SMILES string of the molecule is CCCCOC(=O)CN1C(=O)c2ccc(Br)cc2C1=O. The van der Waals surface area contributed by atoms with Gasteiger partial charge in [-0.15, -0.1) is 0 Å². The lowest BCUT2D eigenvalue weighted by Crippen LogP contribution is -2.35. The van der Waals surface area contributed by atoms with E-state index < -0.39 is 17.8 Å². The van der Waals surface area contributed by atoms with Crippen molar-refractivity contribution in [2.75, 3.05) is 13.2 Å². The smallest absolute Gasteiger partial charge is 0.326 e. The highest BCUT2D eigenvalue weighted by molar-refractivity contribution is 9.10. The average molecular weight is 340 g/mol. The molecule has 6 heteroatoms. The summed E-state index contributed by atoms with van der Waals surface area (Å²) in [4.78, 5) is 36.7. The van der Waals surface area contributed by atoms with Gasteiger partial charge in [-0.05, 0) is 24.6 Å². The number of hydrogen-bond acceptors (Lipinski definition) is 4. The molecule has 0 saturated carbocycles. The van der Waals surface area contributed by atoms with Gasteiger partial charge < -0.3 is 4.74 Å². The maximum Gasteiger partial charge on any atom is 0.326 e. The van der Waals surface area contributed by atoms with Gasteiger partial charge in [-0.1, -0.05) is 29.3 Å². The van der Waals surface area contributed by atoms with Crippen LogP contribution in [-0.4, -0.2) is 35.8 Å². The van der Waals surface area contributed by atoms with Gasteiger partial charge >= 0.3 is 5.97 Å². The van der Waals surface area contributed by atoms with Crippen LogP contribution in [0.25, 0.3) is 0 Å². The van der Waals surface area contributed by atoms with Gasteiger partial charge in [-0.25, -0.2) is 0 Å². The van der Waals surface area contributed by atoms with Gasteiger partial charge in [0.2, 0.25) is 0 Å². The molecule has 106 valence electrons. The quantitative estimate of drug-likeness (QED) is 0.469. The highest BCUT2D eigenvalue weighted by Crippen LogP contribution is 2.25. The summed E-state index contributed by atoms with van der Waals surface area (Å²) in [5, 5.41) is 0. The second-order valence-corrected chi connectivity index (χ2v) is 5.38. The lowest BCUT2D eigenvalue weighted by atomic mass is 10.1. The number of imide groups is 1. The van der Waals surface area contributed by atoms with E-state index in [0.717, 1.165) is 17.7 Å². The summed E-state index contributed by atoms with van der Waals surface area (Å²) in [5.41, 5.74) is 0.630. The van der Waals surface area contributed by atoms with Crippen molar-refractivity contribution in [3.8, 4) is 0 Å². The number of unbranched alkanes of at least 4 members (excludes halogenated alkanes) is 1. The third kappa shape index (κ3) is 2.90. The predicted octanol–water partition coefficient (Wildman–Crippen LogP) is 2.39. The number of esters is 1. The van der Waals surface area contributed by atoms with E-state index in [1.54, 1.807) is 18.2 Å². The van der Waals surface area contributed by atoms with Crippen molar-refractivity contribution in [3.05, 3.63) is 33.8 Å². The minimum atomic E-state index is -0.563. The monoisotopic (exact) mass is 339 g/mol. The number of carbonyl (C=O) groups is 3. The van der Waals surface area contributed by atoms with Gasteiger partial charge in [-0.2, -0.15) is 0 Å². The van der Waals surface area contributed by atoms with Gasteiger partial charge in [0.25, 0.3) is 11.8 Å². The van der Waals surface area contributed by atoms with E-state index in [1.165, 1.54) is 0 Å². The molecule has 0 spiro atoms. The number of amides is 2. The zero-order valence-corrected chi connectivity index (χ0v) is 12.6. The van der Waals surface area contributed by atoms with Crippen LogP contribution in [0.2, 0.25) is 0 Å². The number of halogens is 1. The van der Waals surface area contributed by atoms with Crippen LogP contribution in [-0.2, 0) is 9.53 Å². The first kappa shape index (κ1) is 14.7. The van der Waals surface area contributed by atoms with Crippen molar-refractivity contribution >= 4 is 33.7 Å². The van der Waals surface area contributed by atoms with Gasteiger partial charge in [0.05, 0.1) is 17.7 Å². The molecule has 0 saturated heterocycles. The molecule has 0 atom stereocenters. The molecule has 1 aliphatic heterocycles. The molecular formula is C14H14BrNO4. The molecule has 1 aromatic carbocycles. The van der Waals surface area contributed by atoms with Crippen LogP contribution in [0.15, 0.2) is 22.7 Å². The Morgan fingerprint density at radius 3 is 2.65 bits per heavy atom. The van der Waals surface area contributed by atoms with Crippen molar-refractivity contribution in [3.63, 3.8) is 0 Å². The highest BCUT2D eigenvalue weighted by atomic mass is 79.9. The lowest BCUT2D eigenvalue weighted by Gasteiger charge is -2.12. The molecule has 0 N–H and O–H groups in total. The molecule has 0 aromatic heterocycles. The van der Waals surface area contributed by atoms with Crippen molar-refractivity contribution in [2.45, 2.75) is 19.8 Å². The van der Waals surface area contributed by atoms with Gasteiger partial charge in [0, 0.05) is 4.47 Å². The maximum absolute atomic E-state index is 12.1. The lowest BCUT2D eigenvalue weighted by molar-refractivity contribution is -0.144. The Balaban J connectivity index is 2.07. The number of rotatable bonds is 5. The zero-order valence-electron chi connectivity index (χ0n) is 11.0. The van der Waals surface area contributed by atoms with Crippen LogP contribution < -0.4 is 0 Å². The van der Waals surface area contributed by atoms with E-state index in [1.807, 2.05) is 6.92 Å². The van der Waals surface area contributed by atoms with Crippen molar-refractivity contribution in [2.24, 2.45) is 0 Å². The number of ether oxygens (including phenoxy) is 1. The van der Waals surface area contributed by atoms with E-state index in [9.17, 15) is 14.4 Å². The van der Waals surface area contributed by atoms with Crippen LogP contribution in [0.1, 0.15) is 40.5 Å². The van der Waals surface area contributed by atoms with Crippen LogP contribution in [0.5, 0.6) is 0 Å². The molecule has 0 aliphatic carbocycles. The second-order valence-electron chi connectivity index (χ2n) is 4.46. The fraction of sp³-hybridized carbons (Fsp3) is 0.357. The van der Waals surface area contributed by atoms with Crippen LogP contribution in [0.3, 0.4) is 0 Å². The second kappa shape index (κ2) is 6.17. The van der Waals surface area contributed by atoms with Crippen LogP contribution >= 0.6 is 15.9 Å². The Kier molecular flexibility index (Phi) is 4.54. The van der Waals surface area contributed by atoms with Crippen molar-refractivity contribution < 1.29 is 19.1 Å². The average Bonchev–Trinajstić information content (AvgIpc) is 2.64. The van der Waals surface area contributed by atoms with E-state index in [0.29, 0.717) is 22.2 Å². The summed E-state index contributed by atoms with van der Waals surface area (Å²) in [6.07, 6.45) is 1.68. The molecule has 20 heavy (non-hydrogen) atoms. The molecule has 1 heterocycles. The Bertz CT molecular complexity index is 570. The molecule has 2 rings (SSSR count). The Labute approximate surface area is 125 Å². The van der Waals surface area contributed by atoms with E-state index in [4.69, 9.17) is 4.74 Å². The summed E-state index contributed by atoms with van der Waals surface area (Å²) in [5.74, 6) is -1.48. The van der Waals surface area contributed by atoms with E-state index in [2.05, 4.69) is 15.9 Å². The molecule has 0 bridgehead atoms. The third-order valence-corrected chi connectivity index (χ3v) is 3.47. The molecule has 0 fully saturated rings. The standard InChI is InChI=1S/C14H14BrNO4/c1-2-3-6-20-12(17)8-16-13(18)10-5-4-9(15)7-11(10)14(16)19/h4-5,7H,2-3,6,8H2,1H3.